The van der Waals surface area contributed by atoms with Crippen molar-refractivity contribution < 1.29 is 0 Å². The highest BCUT2D eigenvalue weighted by Gasteiger charge is 2.05. The number of hydrogen-bond acceptors (Lipinski definition) is 2. The second-order valence-corrected chi connectivity index (χ2v) is 3.20. The van der Waals surface area contributed by atoms with E-state index in [0.29, 0.717) is 0 Å². The quantitative estimate of drug-likeness (QED) is 0.664. The molecule has 3 heteroatoms. The minimum atomic E-state index is 0.846. The van der Waals surface area contributed by atoms with Crippen molar-refractivity contribution in [3.63, 3.8) is 0 Å². The van der Waals surface area contributed by atoms with Crippen molar-refractivity contribution in [3.8, 4) is 0 Å². The molecule has 68 valence electrons. The first-order chi connectivity index (χ1) is 6.22. The molecule has 2 heterocycles. The predicted molar refractivity (Wildman–Crippen MR) is 52.7 cm³/mol. The predicted octanol–water partition coefficient (Wildman–Crippen LogP) is 2.07. The van der Waals surface area contributed by atoms with Crippen LogP contribution in [0.15, 0.2) is 12.3 Å². The van der Waals surface area contributed by atoms with Gasteiger partial charge in [0.1, 0.15) is 11.5 Å². The van der Waals surface area contributed by atoms with Crippen LogP contribution in [0.25, 0.3) is 11.0 Å². The third-order valence-electron chi connectivity index (χ3n) is 2.26. The summed E-state index contributed by atoms with van der Waals surface area (Å²) in [4.78, 5) is 8.74. The molecule has 13 heavy (non-hydrogen) atoms. The molecule has 0 saturated heterocycles. The summed E-state index contributed by atoms with van der Waals surface area (Å²) in [5, 5.41) is 1.16. The number of aromatic nitrogens is 3. The standard InChI is InChI=1S/C10H13N3/c1-4-13-6-5-9-7(2)11-8(3)12-10(9)13/h5-6H,4H2,1-3H3. The summed E-state index contributed by atoms with van der Waals surface area (Å²) in [5.74, 6) is 0.846. The fourth-order valence-electron chi connectivity index (χ4n) is 1.61. The average molecular weight is 175 g/mol. The zero-order chi connectivity index (χ0) is 9.42. The first-order valence-electron chi connectivity index (χ1n) is 4.52. The molecule has 0 fully saturated rings. The molecule has 0 amide bonds. The fourth-order valence-corrected chi connectivity index (χ4v) is 1.61. The zero-order valence-electron chi connectivity index (χ0n) is 8.20. The Bertz CT molecular complexity index is 443. The number of rotatable bonds is 1. The molecule has 2 rings (SSSR count). The van der Waals surface area contributed by atoms with E-state index in [-0.39, 0.29) is 0 Å². The summed E-state index contributed by atoms with van der Waals surface area (Å²) in [7, 11) is 0. The van der Waals surface area contributed by atoms with E-state index in [1.807, 2.05) is 13.8 Å². The van der Waals surface area contributed by atoms with Gasteiger partial charge in [-0.15, -0.1) is 0 Å². The van der Waals surface area contributed by atoms with E-state index in [1.165, 1.54) is 0 Å². The van der Waals surface area contributed by atoms with Gasteiger partial charge >= 0.3 is 0 Å². The Morgan fingerprint density at radius 2 is 2.08 bits per heavy atom. The van der Waals surface area contributed by atoms with Crippen LogP contribution in [0, 0.1) is 13.8 Å². The summed E-state index contributed by atoms with van der Waals surface area (Å²) in [6, 6.07) is 2.08. The molecule has 0 bridgehead atoms. The minimum Gasteiger partial charge on any atom is -0.333 e. The van der Waals surface area contributed by atoms with Crippen molar-refractivity contribution in [3.05, 3.63) is 23.8 Å². The molecular weight excluding hydrogens is 162 g/mol. The number of fused-ring (bicyclic) bond motifs is 1. The van der Waals surface area contributed by atoms with E-state index in [0.717, 1.165) is 29.1 Å². The maximum Gasteiger partial charge on any atom is 0.143 e. The first-order valence-corrected chi connectivity index (χ1v) is 4.52. The Hall–Kier alpha value is -1.38. The lowest BCUT2D eigenvalue weighted by molar-refractivity contribution is 0.783. The third kappa shape index (κ3) is 1.20. The SMILES string of the molecule is CCn1ccc2c(C)nc(C)nc21. The van der Waals surface area contributed by atoms with E-state index in [9.17, 15) is 0 Å². The van der Waals surface area contributed by atoms with Gasteiger partial charge in [-0.25, -0.2) is 9.97 Å². The maximum atomic E-state index is 4.42. The molecule has 0 spiro atoms. The first kappa shape index (κ1) is 8.23. The summed E-state index contributed by atoms with van der Waals surface area (Å²) in [6.07, 6.45) is 2.06. The molecule has 0 aromatic carbocycles. The average Bonchev–Trinajstić information content (AvgIpc) is 2.47. The van der Waals surface area contributed by atoms with Crippen LogP contribution in [0.4, 0.5) is 0 Å². The Labute approximate surface area is 77.4 Å². The largest absolute Gasteiger partial charge is 0.333 e. The van der Waals surface area contributed by atoms with Gasteiger partial charge < -0.3 is 4.57 Å². The molecule has 2 aromatic rings. The highest BCUT2D eigenvalue weighted by atomic mass is 15.0. The lowest BCUT2D eigenvalue weighted by Gasteiger charge is -2.01. The molecule has 0 aliphatic heterocycles. The van der Waals surface area contributed by atoms with Crippen LogP contribution in [0.1, 0.15) is 18.4 Å². The fraction of sp³-hybridized carbons (Fsp3) is 0.400. The van der Waals surface area contributed by atoms with Gasteiger partial charge in [0.2, 0.25) is 0 Å². The van der Waals surface area contributed by atoms with Gasteiger partial charge in [-0.05, 0) is 26.8 Å². The van der Waals surface area contributed by atoms with E-state index in [1.54, 1.807) is 0 Å². The summed E-state index contributed by atoms with van der Waals surface area (Å²) in [6.45, 7) is 7.03. The summed E-state index contributed by atoms with van der Waals surface area (Å²) < 4.78 is 2.14. The molecule has 2 aromatic heterocycles. The smallest absolute Gasteiger partial charge is 0.143 e. The van der Waals surface area contributed by atoms with Crippen molar-refractivity contribution >= 4 is 11.0 Å². The molecule has 0 saturated carbocycles. The second-order valence-electron chi connectivity index (χ2n) is 3.20. The van der Waals surface area contributed by atoms with Gasteiger partial charge in [-0.3, -0.25) is 0 Å². The highest BCUT2D eigenvalue weighted by molar-refractivity contribution is 5.78. The van der Waals surface area contributed by atoms with Crippen LogP contribution in [-0.2, 0) is 6.54 Å². The van der Waals surface area contributed by atoms with Crippen molar-refractivity contribution in [1.82, 2.24) is 14.5 Å². The zero-order valence-corrected chi connectivity index (χ0v) is 8.20. The van der Waals surface area contributed by atoms with Crippen molar-refractivity contribution in [1.29, 1.82) is 0 Å². The Balaban J connectivity index is 2.82. The van der Waals surface area contributed by atoms with Gasteiger partial charge in [-0.1, -0.05) is 0 Å². The van der Waals surface area contributed by atoms with Gasteiger partial charge in [0.25, 0.3) is 0 Å². The third-order valence-corrected chi connectivity index (χ3v) is 2.26. The summed E-state index contributed by atoms with van der Waals surface area (Å²) in [5.41, 5.74) is 2.11. The topological polar surface area (TPSA) is 30.7 Å². The van der Waals surface area contributed by atoms with Crippen LogP contribution in [-0.4, -0.2) is 14.5 Å². The molecule has 3 nitrogen and oxygen atoms in total. The van der Waals surface area contributed by atoms with Gasteiger partial charge in [0, 0.05) is 18.1 Å². The minimum absolute atomic E-state index is 0.846. The Kier molecular flexibility index (Phi) is 1.79. The lowest BCUT2D eigenvalue weighted by Crippen LogP contribution is -1.97. The van der Waals surface area contributed by atoms with Crippen molar-refractivity contribution in [2.24, 2.45) is 0 Å². The van der Waals surface area contributed by atoms with Crippen molar-refractivity contribution in [2.45, 2.75) is 27.3 Å². The van der Waals surface area contributed by atoms with Gasteiger partial charge in [0.15, 0.2) is 0 Å². The van der Waals surface area contributed by atoms with Crippen LogP contribution in [0.3, 0.4) is 0 Å². The Morgan fingerprint density at radius 1 is 1.31 bits per heavy atom. The molecule has 0 aliphatic rings. The van der Waals surface area contributed by atoms with E-state index < -0.39 is 0 Å². The normalized spacial score (nSPS) is 11.0. The second kappa shape index (κ2) is 2.83. The molecule has 0 aliphatic carbocycles. The lowest BCUT2D eigenvalue weighted by atomic mass is 10.3. The molecule has 0 radical (unpaired) electrons. The van der Waals surface area contributed by atoms with E-state index in [4.69, 9.17) is 0 Å². The monoisotopic (exact) mass is 175 g/mol. The highest BCUT2D eigenvalue weighted by Crippen LogP contribution is 2.16. The van der Waals surface area contributed by atoms with Crippen LogP contribution < -0.4 is 0 Å². The van der Waals surface area contributed by atoms with E-state index >= 15 is 0 Å². The van der Waals surface area contributed by atoms with Gasteiger partial charge in [-0.2, -0.15) is 0 Å². The molecule has 0 atom stereocenters. The number of nitrogens with zero attached hydrogens (tertiary/aromatic N) is 3. The van der Waals surface area contributed by atoms with Crippen LogP contribution in [0.5, 0.6) is 0 Å². The molecule has 0 N–H and O–H groups in total. The van der Waals surface area contributed by atoms with E-state index in [2.05, 4.69) is 33.7 Å². The van der Waals surface area contributed by atoms with Crippen LogP contribution in [0.2, 0.25) is 0 Å². The Morgan fingerprint density at radius 3 is 2.77 bits per heavy atom. The van der Waals surface area contributed by atoms with Crippen molar-refractivity contribution in [2.75, 3.05) is 0 Å². The number of aryl methyl sites for hydroxylation is 3. The van der Waals surface area contributed by atoms with Gasteiger partial charge in [0.05, 0.1) is 5.69 Å². The molecular formula is C10H13N3. The van der Waals surface area contributed by atoms with Crippen LogP contribution >= 0.6 is 0 Å². The molecule has 0 unspecified atom stereocenters. The maximum absolute atomic E-state index is 4.42. The number of hydrogen-bond donors (Lipinski definition) is 0. The summed E-state index contributed by atoms with van der Waals surface area (Å²) >= 11 is 0.